The fraction of sp³-hybridized carbons (Fsp3) is 0.588. The predicted molar refractivity (Wildman–Crippen MR) is 93.7 cm³/mol. The van der Waals surface area contributed by atoms with Crippen LogP contribution in [-0.4, -0.2) is 71.9 Å². The van der Waals surface area contributed by atoms with Gasteiger partial charge in [0.15, 0.2) is 0 Å². The van der Waals surface area contributed by atoms with Crippen LogP contribution in [-0.2, 0) is 4.74 Å². The van der Waals surface area contributed by atoms with Crippen molar-refractivity contribution in [2.45, 2.75) is 32.4 Å². The number of aliphatic hydroxyl groups excluding tert-OH is 1. The quantitative estimate of drug-likeness (QED) is 0.840. The first-order valence-corrected chi connectivity index (χ1v) is 8.28. The van der Waals surface area contributed by atoms with E-state index in [1.165, 1.54) is 0 Å². The zero-order chi connectivity index (χ0) is 18.6. The first-order valence-electron chi connectivity index (χ1n) is 8.28. The topological polar surface area (TPSA) is 95.0 Å². The van der Waals surface area contributed by atoms with E-state index in [2.05, 4.69) is 10.3 Å². The molecule has 1 atom stereocenters. The maximum absolute atomic E-state index is 12.2. The van der Waals surface area contributed by atoms with Crippen LogP contribution in [0.3, 0.4) is 0 Å². The number of hydrogen-bond acceptors (Lipinski definition) is 6. The minimum Gasteiger partial charge on any atom is -0.444 e. The van der Waals surface area contributed by atoms with Crippen LogP contribution in [0.1, 0.15) is 31.3 Å². The van der Waals surface area contributed by atoms with Crippen LogP contribution in [0.15, 0.2) is 18.3 Å². The molecule has 0 aromatic carbocycles. The summed E-state index contributed by atoms with van der Waals surface area (Å²) in [5, 5.41) is 12.3. The van der Waals surface area contributed by atoms with E-state index < -0.39 is 5.60 Å². The van der Waals surface area contributed by atoms with Crippen LogP contribution >= 0.6 is 0 Å². The summed E-state index contributed by atoms with van der Waals surface area (Å²) in [5.74, 6) is -0.250. The van der Waals surface area contributed by atoms with Crippen molar-refractivity contribution in [3.05, 3.63) is 24.0 Å². The Kier molecular flexibility index (Phi) is 5.84. The van der Waals surface area contributed by atoms with Gasteiger partial charge in [-0.25, -0.2) is 9.78 Å². The lowest BCUT2D eigenvalue weighted by Crippen LogP contribution is -2.57. The van der Waals surface area contributed by atoms with E-state index in [0.717, 1.165) is 5.69 Å². The summed E-state index contributed by atoms with van der Waals surface area (Å²) in [7, 11) is 1.55. The maximum atomic E-state index is 12.2. The van der Waals surface area contributed by atoms with E-state index in [9.17, 15) is 14.7 Å². The molecule has 138 valence electrons. The summed E-state index contributed by atoms with van der Waals surface area (Å²) >= 11 is 0. The average Bonchev–Trinajstić information content (AvgIpc) is 2.59. The highest BCUT2D eigenvalue weighted by Crippen LogP contribution is 2.21. The largest absolute Gasteiger partial charge is 0.444 e. The van der Waals surface area contributed by atoms with Gasteiger partial charge in [0.2, 0.25) is 0 Å². The van der Waals surface area contributed by atoms with E-state index in [4.69, 9.17) is 4.74 Å². The van der Waals surface area contributed by atoms with Gasteiger partial charge in [0, 0.05) is 26.7 Å². The fourth-order valence-electron chi connectivity index (χ4n) is 2.66. The van der Waals surface area contributed by atoms with E-state index in [-0.39, 0.29) is 24.6 Å². The van der Waals surface area contributed by atoms with Crippen LogP contribution in [0.2, 0.25) is 0 Å². The standard InChI is InChI=1S/C17H26N4O4/c1-17(2,3)25-16(24)20-7-8-21(13(10-20)11-22)12-5-6-14(19-9-12)15(23)18-4/h5-6,9,13,22H,7-8,10-11H2,1-4H3,(H,18,23). The second kappa shape index (κ2) is 7.69. The molecule has 8 heteroatoms. The lowest BCUT2D eigenvalue weighted by molar-refractivity contribution is 0.0197. The van der Waals surface area contributed by atoms with Crippen LogP contribution in [0, 0.1) is 0 Å². The summed E-state index contributed by atoms with van der Waals surface area (Å²) in [6.07, 6.45) is 1.23. The van der Waals surface area contributed by atoms with Crippen molar-refractivity contribution < 1.29 is 19.4 Å². The number of piperazine rings is 1. The Morgan fingerprint density at radius 2 is 2.08 bits per heavy atom. The van der Waals surface area contributed by atoms with Crippen molar-refractivity contribution in [1.29, 1.82) is 0 Å². The molecule has 0 saturated carbocycles. The SMILES string of the molecule is CNC(=O)c1ccc(N2CCN(C(=O)OC(C)(C)C)CC2CO)cn1. The number of pyridine rings is 1. The Hall–Kier alpha value is -2.35. The van der Waals surface area contributed by atoms with E-state index in [1.807, 2.05) is 25.7 Å². The smallest absolute Gasteiger partial charge is 0.410 e. The molecule has 2 N–H and O–H groups in total. The fourth-order valence-corrected chi connectivity index (χ4v) is 2.66. The molecule has 1 saturated heterocycles. The number of anilines is 1. The highest BCUT2D eigenvalue weighted by molar-refractivity contribution is 5.92. The van der Waals surface area contributed by atoms with Crippen molar-refractivity contribution in [2.24, 2.45) is 0 Å². The third kappa shape index (κ3) is 4.82. The number of rotatable bonds is 3. The average molecular weight is 350 g/mol. The van der Waals surface area contributed by atoms with Gasteiger partial charge < -0.3 is 25.0 Å². The molecular weight excluding hydrogens is 324 g/mol. The van der Waals surface area contributed by atoms with Gasteiger partial charge in [0.25, 0.3) is 5.91 Å². The molecule has 0 aliphatic carbocycles. The van der Waals surface area contributed by atoms with Crippen molar-refractivity contribution in [3.63, 3.8) is 0 Å². The molecule has 1 fully saturated rings. The summed E-state index contributed by atoms with van der Waals surface area (Å²) < 4.78 is 5.40. The molecule has 8 nitrogen and oxygen atoms in total. The summed E-state index contributed by atoms with van der Waals surface area (Å²) in [4.78, 5) is 31.5. The van der Waals surface area contributed by atoms with E-state index >= 15 is 0 Å². The van der Waals surface area contributed by atoms with Crippen molar-refractivity contribution in [1.82, 2.24) is 15.2 Å². The van der Waals surface area contributed by atoms with Crippen molar-refractivity contribution in [3.8, 4) is 0 Å². The van der Waals surface area contributed by atoms with Gasteiger partial charge >= 0.3 is 6.09 Å². The second-order valence-corrected chi connectivity index (χ2v) is 6.94. The molecular formula is C17H26N4O4. The maximum Gasteiger partial charge on any atom is 0.410 e. The molecule has 2 amide bonds. The lowest BCUT2D eigenvalue weighted by Gasteiger charge is -2.42. The van der Waals surface area contributed by atoms with Crippen LogP contribution < -0.4 is 10.2 Å². The number of aliphatic hydroxyl groups is 1. The van der Waals surface area contributed by atoms with Crippen LogP contribution in [0.4, 0.5) is 10.5 Å². The number of aromatic nitrogens is 1. The van der Waals surface area contributed by atoms with Crippen molar-refractivity contribution >= 4 is 17.7 Å². The van der Waals surface area contributed by atoms with Gasteiger partial charge in [-0.05, 0) is 32.9 Å². The number of ether oxygens (including phenoxy) is 1. The van der Waals surface area contributed by atoms with Gasteiger partial charge in [-0.1, -0.05) is 0 Å². The number of carbonyl (C=O) groups excluding carboxylic acids is 2. The summed E-state index contributed by atoms with van der Waals surface area (Å²) in [6.45, 7) is 6.77. The Labute approximate surface area is 147 Å². The Bertz CT molecular complexity index is 612. The molecule has 1 aliphatic rings. The molecule has 2 heterocycles. The Morgan fingerprint density at radius 3 is 2.60 bits per heavy atom. The zero-order valence-corrected chi connectivity index (χ0v) is 15.2. The third-order valence-electron chi connectivity index (χ3n) is 3.88. The molecule has 0 bridgehead atoms. The Balaban J connectivity index is 2.07. The highest BCUT2D eigenvalue weighted by atomic mass is 16.6. The van der Waals surface area contributed by atoms with Crippen LogP contribution in [0.25, 0.3) is 0 Å². The van der Waals surface area contributed by atoms with Crippen LogP contribution in [0.5, 0.6) is 0 Å². The minimum atomic E-state index is -0.553. The number of nitrogens with one attached hydrogen (secondary N) is 1. The molecule has 0 radical (unpaired) electrons. The molecule has 1 unspecified atom stereocenters. The molecule has 1 aromatic rings. The van der Waals surface area contributed by atoms with E-state index in [1.54, 1.807) is 30.3 Å². The normalized spacial score (nSPS) is 18.0. The third-order valence-corrected chi connectivity index (χ3v) is 3.88. The van der Waals surface area contributed by atoms with Gasteiger partial charge in [0.1, 0.15) is 11.3 Å². The van der Waals surface area contributed by atoms with Gasteiger partial charge in [0.05, 0.1) is 24.5 Å². The number of hydrogen-bond donors (Lipinski definition) is 2. The predicted octanol–water partition coefficient (Wildman–Crippen LogP) is 0.859. The first-order chi connectivity index (χ1) is 11.7. The van der Waals surface area contributed by atoms with Gasteiger partial charge in [-0.2, -0.15) is 0 Å². The molecule has 25 heavy (non-hydrogen) atoms. The Morgan fingerprint density at radius 1 is 1.36 bits per heavy atom. The van der Waals surface area contributed by atoms with Gasteiger partial charge in [-0.15, -0.1) is 0 Å². The van der Waals surface area contributed by atoms with E-state index in [0.29, 0.717) is 25.3 Å². The minimum absolute atomic E-state index is 0.101. The second-order valence-electron chi connectivity index (χ2n) is 6.94. The molecule has 0 spiro atoms. The summed E-state index contributed by atoms with van der Waals surface area (Å²) in [5.41, 5.74) is 0.581. The monoisotopic (exact) mass is 350 g/mol. The van der Waals surface area contributed by atoms with Gasteiger partial charge in [-0.3, -0.25) is 4.79 Å². The summed E-state index contributed by atoms with van der Waals surface area (Å²) in [6, 6.07) is 3.18. The number of amides is 2. The number of nitrogens with zero attached hydrogens (tertiary/aromatic N) is 3. The highest BCUT2D eigenvalue weighted by Gasteiger charge is 2.32. The zero-order valence-electron chi connectivity index (χ0n) is 15.2. The lowest BCUT2D eigenvalue weighted by atomic mass is 10.1. The first kappa shape index (κ1) is 19.0. The molecule has 1 aliphatic heterocycles. The number of carbonyl (C=O) groups is 2. The molecule has 2 rings (SSSR count). The molecule has 1 aromatic heterocycles. The van der Waals surface area contributed by atoms with Crippen molar-refractivity contribution in [2.75, 3.05) is 38.2 Å².